The second-order valence-corrected chi connectivity index (χ2v) is 17.7. The van der Waals surface area contributed by atoms with Gasteiger partial charge in [-0.3, -0.25) is 0 Å². The van der Waals surface area contributed by atoms with E-state index in [0.717, 1.165) is 35.7 Å². The lowest BCUT2D eigenvalue weighted by atomic mass is 10.0. The van der Waals surface area contributed by atoms with Crippen LogP contribution in [0.1, 0.15) is 33.5 Å². The molecule has 2 aromatic carbocycles. The third-order valence-corrected chi connectivity index (χ3v) is 13.1. The summed E-state index contributed by atoms with van der Waals surface area (Å²) in [5.74, 6) is 2.06. The number of thioether (sulfide) groups is 1. The van der Waals surface area contributed by atoms with Gasteiger partial charge >= 0.3 is 0 Å². The van der Waals surface area contributed by atoms with Crippen molar-refractivity contribution in [2.75, 3.05) is 12.4 Å². The molecule has 1 unspecified atom stereocenters. The molecule has 0 radical (unpaired) electrons. The second-order valence-electron chi connectivity index (χ2n) is 10.8. The minimum Gasteiger partial charge on any atom is -0.415 e. The molecule has 1 aliphatic rings. The van der Waals surface area contributed by atoms with E-state index in [-0.39, 0.29) is 15.6 Å². The zero-order chi connectivity index (χ0) is 24.7. The predicted octanol–water partition coefficient (Wildman–Crippen LogP) is 7.47. The standard InChI is InChI=1S/C26H33ClFN3OSSi/c1-25(2,3)34(5,6)32-17-26(4)16-23-29-30-24(31(23)12-13-33-26)21-11-10-19(15-22(21)28)18-8-7-9-20(27)14-18/h7-11,14-15H,12-13,16-17H2,1-6H3. The molecule has 34 heavy (non-hydrogen) atoms. The molecule has 1 aliphatic heterocycles. The summed E-state index contributed by atoms with van der Waals surface area (Å²) in [7, 11) is -1.85. The molecule has 0 amide bonds. The number of aromatic nitrogens is 3. The van der Waals surface area contributed by atoms with Crippen LogP contribution in [-0.2, 0) is 17.4 Å². The van der Waals surface area contributed by atoms with Gasteiger partial charge in [-0.15, -0.1) is 10.2 Å². The summed E-state index contributed by atoms with van der Waals surface area (Å²) in [6.45, 7) is 15.0. The third-order valence-electron chi connectivity index (χ3n) is 7.04. The van der Waals surface area contributed by atoms with Gasteiger partial charge in [-0.1, -0.05) is 50.6 Å². The summed E-state index contributed by atoms with van der Waals surface area (Å²) >= 11 is 8.02. The van der Waals surface area contributed by atoms with Crippen LogP contribution in [0.5, 0.6) is 0 Å². The molecule has 0 saturated heterocycles. The van der Waals surface area contributed by atoms with Crippen LogP contribution >= 0.6 is 23.4 Å². The van der Waals surface area contributed by atoms with E-state index in [9.17, 15) is 0 Å². The Balaban J connectivity index is 1.58. The molecule has 0 aliphatic carbocycles. The molecule has 0 bridgehead atoms. The molecular formula is C26H33ClFN3OSSi. The molecule has 2 heterocycles. The van der Waals surface area contributed by atoms with Gasteiger partial charge in [0.1, 0.15) is 11.6 Å². The van der Waals surface area contributed by atoms with E-state index < -0.39 is 8.32 Å². The van der Waals surface area contributed by atoms with Gasteiger partial charge in [-0.2, -0.15) is 11.8 Å². The number of hydrogen-bond acceptors (Lipinski definition) is 4. The highest BCUT2D eigenvalue weighted by atomic mass is 35.5. The van der Waals surface area contributed by atoms with Crippen molar-refractivity contribution in [2.24, 2.45) is 0 Å². The number of fused-ring (bicyclic) bond motifs is 1. The second kappa shape index (κ2) is 9.41. The zero-order valence-electron chi connectivity index (χ0n) is 20.8. The first kappa shape index (κ1) is 25.4. The van der Waals surface area contributed by atoms with E-state index in [4.69, 9.17) is 16.0 Å². The number of benzene rings is 2. The first-order valence-corrected chi connectivity index (χ1v) is 15.9. The fourth-order valence-corrected chi connectivity index (χ4v) is 6.40. The molecule has 3 aromatic rings. The van der Waals surface area contributed by atoms with E-state index >= 15 is 4.39 Å². The number of rotatable bonds is 5. The Morgan fingerprint density at radius 1 is 1.15 bits per heavy atom. The van der Waals surface area contributed by atoms with Gasteiger partial charge in [0.25, 0.3) is 0 Å². The minimum atomic E-state index is -1.85. The van der Waals surface area contributed by atoms with Crippen molar-refractivity contribution in [3.05, 3.63) is 59.1 Å². The van der Waals surface area contributed by atoms with Gasteiger partial charge in [-0.05, 0) is 60.4 Å². The first-order chi connectivity index (χ1) is 15.9. The average Bonchev–Trinajstić information content (AvgIpc) is 3.04. The van der Waals surface area contributed by atoms with E-state index in [2.05, 4.69) is 55.6 Å². The van der Waals surface area contributed by atoms with Crippen LogP contribution in [0.25, 0.3) is 22.5 Å². The van der Waals surface area contributed by atoms with Crippen LogP contribution in [0, 0.1) is 5.82 Å². The van der Waals surface area contributed by atoms with Gasteiger partial charge in [0, 0.05) is 35.1 Å². The molecule has 1 aromatic heterocycles. The normalized spacial score (nSPS) is 19.1. The van der Waals surface area contributed by atoms with E-state index in [1.807, 2.05) is 42.1 Å². The Kier molecular flexibility index (Phi) is 7.04. The van der Waals surface area contributed by atoms with Crippen molar-refractivity contribution in [1.82, 2.24) is 14.8 Å². The maximum absolute atomic E-state index is 15.3. The summed E-state index contributed by atoms with van der Waals surface area (Å²) in [5.41, 5.74) is 2.13. The van der Waals surface area contributed by atoms with Crippen molar-refractivity contribution in [2.45, 2.75) is 63.5 Å². The molecule has 0 saturated carbocycles. The van der Waals surface area contributed by atoms with Gasteiger partial charge in [0.2, 0.25) is 0 Å². The summed E-state index contributed by atoms with van der Waals surface area (Å²) in [4.78, 5) is 0. The summed E-state index contributed by atoms with van der Waals surface area (Å²) in [6, 6.07) is 12.7. The number of halogens is 2. The molecular weight excluding hydrogens is 485 g/mol. The highest BCUT2D eigenvalue weighted by Gasteiger charge is 2.40. The average molecular weight is 518 g/mol. The molecule has 4 nitrogen and oxygen atoms in total. The minimum absolute atomic E-state index is 0.0942. The molecule has 0 spiro atoms. The van der Waals surface area contributed by atoms with E-state index in [1.165, 1.54) is 0 Å². The van der Waals surface area contributed by atoms with Crippen LogP contribution in [0.15, 0.2) is 42.5 Å². The Morgan fingerprint density at radius 3 is 2.56 bits per heavy atom. The molecule has 0 fully saturated rings. The van der Waals surface area contributed by atoms with Gasteiger partial charge in [0.15, 0.2) is 14.1 Å². The molecule has 0 N–H and O–H groups in total. The quantitative estimate of drug-likeness (QED) is 0.329. The van der Waals surface area contributed by atoms with Crippen LogP contribution in [0.2, 0.25) is 23.2 Å². The smallest absolute Gasteiger partial charge is 0.192 e. The van der Waals surface area contributed by atoms with Crippen LogP contribution in [-0.4, -0.2) is 40.2 Å². The van der Waals surface area contributed by atoms with Crippen molar-refractivity contribution in [1.29, 1.82) is 0 Å². The fraction of sp³-hybridized carbons (Fsp3) is 0.462. The number of hydrogen-bond donors (Lipinski definition) is 0. The lowest BCUT2D eigenvalue weighted by Gasteiger charge is -2.39. The van der Waals surface area contributed by atoms with E-state index in [0.29, 0.717) is 23.0 Å². The van der Waals surface area contributed by atoms with Crippen LogP contribution < -0.4 is 0 Å². The molecule has 1 atom stereocenters. The third kappa shape index (κ3) is 5.27. The van der Waals surface area contributed by atoms with Crippen molar-refractivity contribution < 1.29 is 8.82 Å². The zero-order valence-corrected chi connectivity index (χ0v) is 23.4. The molecule has 4 rings (SSSR count). The van der Waals surface area contributed by atoms with Crippen molar-refractivity contribution in [3.63, 3.8) is 0 Å². The van der Waals surface area contributed by atoms with Gasteiger partial charge in [0.05, 0.1) is 5.56 Å². The van der Waals surface area contributed by atoms with Gasteiger partial charge in [-0.25, -0.2) is 4.39 Å². The Bertz CT molecular complexity index is 1190. The monoisotopic (exact) mass is 517 g/mol. The Hall–Kier alpha value is -1.67. The van der Waals surface area contributed by atoms with Crippen LogP contribution in [0.3, 0.4) is 0 Å². The topological polar surface area (TPSA) is 39.9 Å². The molecule has 8 heteroatoms. The van der Waals surface area contributed by atoms with Crippen molar-refractivity contribution in [3.8, 4) is 22.5 Å². The molecule has 182 valence electrons. The predicted molar refractivity (Wildman–Crippen MR) is 144 cm³/mol. The lowest BCUT2D eigenvalue weighted by molar-refractivity contribution is 0.252. The largest absolute Gasteiger partial charge is 0.415 e. The Morgan fingerprint density at radius 2 is 1.88 bits per heavy atom. The van der Waals surface area contributed by atoms with Crippen LogP contribution in [0.4, 0.5) is 4.39 Å². The lowest BCUT2D eigenvalue weighted by Crippen LogP contribution is -2.45. The summed E-state index contributed by atoms with van der Waals surface area (Å²) in [5, 5.41) is 9.69. The maximum Gasteiger partial charge on any atom is 0.192 e. The SMILES string of the molecule is CC1(CO[Si](C)(C)C(C)(C)C)Cc2nnc(-c3ccc(-c4cccc(Cl)c4)cc3F)n2CCS1. The highest BCUT2D eigenvalue weighted by molar-refractivity contribution is 8.00. The first-order valence-electron chi connectivity index (χ1n) is 11.6. The van der Waals surface area contributed by atoms with Gasteiger partial charge < -0.3 is 8.99 Å². The van der Waals surface area contributed by atoms with E-state index in [1.54, 1.807) is 12.1 Å². The summed E-state index contributed by atoms with van der Waals surface area (Å²) in [6.07, 6.45) is 0.738. The number of nitrogens with zero attached hydrogens (tertiary/aromatic N) is 3. The van der Waals surface area contributed by atoms with Crippen molar-refractivity contribution >= 4 is 31.7 Å². The summed E-state index contributed by atoms with van der Waals surface area (Å²) < 4.78 is 23.8. The Labute approximate surface area is 212 Å². The fourth-order valence-electron chi connectivity index (χ4n) is 3.86. The highest BCUT2D eigenvalue weighted by Crippen LogP contribution is 2.40. The maximum atomic E-state index is 15.3.